The minimum absolute atomic E-state index is 0. The zero-order valence-electron chi connectivity index (χ0n) is 7.70. The van der Waals surface area contributed by atoms with Crippen LogP contribution in [0.15, 0.2) is 24.3 Å². The van der Waals surface area contributed by atoms with Gasteiger partial charge in [-0.2, -0.15) is 0 Å². The van der Waals surface area contributed by atoms with Gasteiger partial charge in [-0.05, 0) is 12.1 Å². The molecule has 0 aliphatic carbocycles. The Morgan fingerprint density at radius 2 is 2.09 bits per heavy atom. The molecule has 0 heterocycles. The predicted molar refractivity (Wildman–Crippen MR) is 39.5 cm³/mol. The molecule has 1 aromatic rings. The molecule has 3 heteroatoms. The normalized spacial score (nSPS) is 8.09. The van der Waals surface area contributed by atoms with Gasteiger partial charge in [0.1, 0.15) is 5.75 Å². The van der Waals surface area contributed by atoms with Gasteiger partial charge < -0.3 is 6.16 Å². The van der Waals surface area contributed by atoms with E-state index in [9.17, 15) is 4.79 Å². The number of hydrogen-bond acceptors (Lipinski definition) is 2. The molecule has 0 saturated carbocycles. The monoisotopic (exact) mass is 144 g/mol. The summed E-state index contributed by atoms with van der Waals surface area (Å²) in [6.45, 7) is 0. The van der Waals surface area contributed by atoms with Gasteiger partial charge in [0.2, 0.25) is 0 Å². The van der Waals surface area contributed by atoms with Crippen LogP contribution in [-0.4, -0.2) is 13.4 Å². The van der Waals surface area contributed by atoms with E-state index in [0.717, 1.165) is 6.29 Å². The number of methoxy groups -OCH3 is 1. The van der Waals surface area contributed by atoms with Crippen molar-refractivity contribution in [3.05, 3.63) is 29.8 Å². The fourth-order valence-electron chi connectivity index (χ4n) is 0.764. The van der Waals surface area contributed by atoms with Crippen LogP contribution in [0.5, 0.6) is 5.75 Å². The Labute approximate surface area is 79.2 Å². The van der Waals surface area contributed by atoms with Crippen molar-refractivity contribution in [2.75, 3.05) is 7.11 Å². The predicted octanol–water partition coefficient (Wildman–Crippen LogP) is -1.38. The van der Waals surface area contributed by atoms with Crippen molar-refractivity contribution in [2.45, 2.75) is 0 Å². The molecule has 0 unspecified atom stereocenters. The van der Waals surface area contributed by atoms with Gasteiger partial charge in [0.15, 0.2) is 6.29 Å². The fourth-order valence-corrected chi connectivity index (χ4v) is 0.764. The number of rotatable bonds is 2. The van der Waals surface area contributed by atoms with E-state index in [4.69, 9.17) is 4.74 Å². The van der Waals surface area contributed by atoms with Crippen molar-refractivity contribution in [3.8, 4) is 5.75 Å². The van der Waals surface area contributed by atoms with Gasteiger partial charge in [-0.25, -0.2) is 0 Å². The molecule has 0 aromatic heterocycles. The van der Waals surface area contributed by atoms with Crippen LogP contribution in [0.3, 0.4) is 0 Å². The quantitative estimate of drug-likeness (QED) is 0.378. The van der Waals surface area contributed by atoms with Crippen LogP contribution < -0.4 is 23.6 Å². The molecule has 0 aliphatic rings. The molecular weight excluding hydrogens is 135 g/mol. The van der Waals surface area contributed by atoms with Crippen LogP contribution in [-0.2, 0) is 0 Å². The first-order chi connectivity index (χ1) is 4.88. The Balaban J connectivity index is 0. The van der Waals surface area contributed by atoms with Crippen molar-refractivity contribution in [1.82, 2.24) is 0 Å². The molecule has 2 nitrogen and oxygen atoms in total. The first-order valence-electron chi connectivity index (χ1n) is 2.96. The van der Waals surface area contributed by atoms with Gasteiger partial charge >= 0.3 is 18.9 Å². The van der Waals surface area contributed by atoms with Gasteiger partial charge in [-0.15, -0.1) is 0 Å². The summed E-state index contributed by atoms with van der Waals surface area (Å²) < 4.78 is 4.90. The molecular formula is C8H9LiO2. The van der Waals surface area contributed by atoms with Gasteiger partial charge in [-0.1, -0.05) is 12.1 Å². The van der Waals surface area contributed by atoms with E-state index in [1.54, 1.807) is 25.3 Å². The van der Waals surface area contributed by atoms with Crippen LogP contribution in [0.25, 0.3) is 0 Å². The summed E-state index contributed by atoms with van der Waals surface area (Å²) in [5.74, 6) is 0.623. The van der Waals surface area contributed by atoms with E-state index in [1.165, 1.54) is 0 Å². The molecule has 0 bridgehead atoms. The van der Waals surface area contributed by atoms with E-state index >= 15 is 0 Å². The summed E-state index contributed by atoms with van der Waals surface area (Å²) in [4.78, 5) is 10.3. The smallest absolute Gasteiger partial charge is 1.00 e. The SMILES string of the molecule is COc1ccccc1C=O.[H-].[Li+]. The molecule has 0 radical (unpaired) electrons. The number of carbonyl (C=O) groups is 1. The molecule has 0 fully saturated rings. The van der Waals surface area contributed by atoms with Crippen molar-refractivity contribution < 1.29 is 29.8 Å². The van der Waals surface area contributed by atoms with E-state index in [0.29, 0.717) is 11.3 Å². The average Bonchev–Trinajstić information content (AvgIpc) is 2.04. The van der Waals surface area contributed by atoms with E-state index in [2.05, 4.69) is 0 Å². The minimum Gasteiger partial charge on any atom is -1.00 e. The van der Waals surface area contributed by atoms with Crippen molar-refractivity contribution in [1.29, 1.82) is 0 Å². The standard InChI is InChI=1S/C8H8O2.Li.H/c1-10-8-5-3-2-4-7(8)6-9;;/h2-6H,1H3;;/q;+1;-1. The molecule has 1 aromatic carbocycles. The van der Waals surface area contributed by atoms with E-state index in [-0.39, 0.29) is 20.3 Å². The zero-order valence-corrected chi connectivity index (χ0v) is 6.70. The Morgan fingerprint density at radius 3 is 2.55 bits per heavy atom. The second kappa shape index (κ2) is 5.01. The third-order valence-corrected chi connectivity index (χ3v) is 1.27. The minimum atomic E-state index is 0. The van der Waals surface area contributed by atoms with Crippen LogP contribution in [0.1, 0.15) is 11.8 Å². The maximum absolute atomic E-state index is 10.3. The molecule has 1 rings (SSSR count). The summed E-state index contributed by atoms with van der Waals surface area (Å²) in [5.41, 5.74) is 0.588. The van der Waals surface area contributed by atoms with Crippen LogP contribution >= 0.6 is 0 Å². The summed E-state index contributed by atoms with van der Waals surface area (Å²) in [5, 5.41) is 0. The summed E-state index contributed by atoms with van der Waals surface area (Å²) in [6.07, 6.45) is 0.777. The number of hydrogen-bond donors (Lipinski definition) is 0. The molecule has 0 spiro atoms. The topological polar surface area (TPSA) is 26.3 Å². The third kappa shape index (κ3) is 2.42. The Kier molecular flexibility index (Phi) is 4.68. The van der Waals surface area contributed by atoms with Gasteiger partial charge in [-0.3, -0.25) is 4.79 Å². The van der Waals surface area contributed by atoms with Gasteiger partial charge in [0, 0.05) is 0 Å². The third-order valence-electron chi connectivity index (χ3n) is 1.27. The largest absolute Gasteiger partial charge is 1.00 e. The maximum atomic E-state index is 10.3. The Hall–Kier alpha value is -0.713. The average molecular weight is 144 g/mol. The molecule has 0 N–H and O–H groups in total. The second-order valence-corrected chi connectivity index (χ2v) is 1.86. The van der Waals surface area contributed by atoms with Crippen LogP contribution in [0.2, 0.25) is 0 Å². The molecule has 0 aliphatic heterocycles. The maximum Gasteiger partial charge on any atom is 1.00 e. The Morgan fingerprint density at radius 1 is 1.45 bits per heavy atom. The number of para-hydroxylation sites is 1. The van der Waals surface area contributed by atoms with E-state index in [1.807, 2.05) is 6.07 Å². The fraction of sp³-hybridized carbons (Fsp3) is 0.125. The molecule has 54 valence electrons. The molecule has 0 saturated heterocycles. The summed E-state index contributed by atoms with van der Waals surface area (Å²) in [7, 11) is 1.54. The number of aldehydes is 1. The van der Waals surface area contributed by atoms with Gasteiger partial charge in [0.05, 0.1) is 12.7 Å². The van der Waals surface area contributed by atoms with Crippen LogP contribution in [0, 0.1) is 0 Å². The number of carbonyl (C=O) groups excluding carboxylic acids is 1. The van der Waals surface area contributed by atoms with Crippen molar-refractivity contribution >= 4 is 6.29 Å². The zero-order chi connectivity index (χ0) is 7.40. The number of ether oxygens (including phenoxy) is 1. The molecule has 0 amide bonds. The first-order valence-corrected chi connectivity index (χ1v) is 2.96. The summed E-state index contributed by atoms with van der Waals surface area (Å²) >= 11 is 0. The van der Waals surface area contributed by atoms with Crippen molar-refractivity contribution in [3.63, 3.8) is 0 Å². The van der Waals surface area contributed by atoms with Gasteiger partial charge in [0.25, 0.3) is 0 Å². The van der Waals surface area contributed by atoms with Crippen molar-refractivity contribution in [2.24, 2.45) is 0 Å². The second-order valence-electron chi connectivity index (χ2n) is 1.86. The molecule has 0 atom stereocenters. The van der Waals surface area contributed by atoms with E-state index < -0.39 is 0 Å². The van der Waals surface area contributed by atoms with Crippen LogP contribution in [0.4, 0.5) is 0 Å². The first kappa shape index (κ1) is 10.3. The number of benzene rings is 1. The molecule has 11 heavy (non-hydrogen) atoms. The Bertz CT molecular complexity index is 240. The summed E-state index contributed by atoms with van der Waals surface area (Å²) in [6, 6.07) is 7.09.